The lowest BCUT2D eigenvalue weighted by Gasteiger charge is -2.10. The van der Waals surface area contributed by atoms with Gasteiger partial charge in [0.05, 0.1) is 12.7 Å². The zero-order valence-electron chi connectivity index (χ0n) is 8.72. The number of carbonyl (C=O) groups excluding carboxylic acids is 1. The Hall–Kier alpha value is -1.30. The molecule has 0 unspecified atom stereocenters. The highest BCUT2D eigenvalue weighted by Gasteiger charge is 2.32. The molecule has 0 aliphatic carbocycles. The zero-order valence-corrected chi connectivity index (χ0v) is 10.3. The molecule has 0 heterocycles. The second-order valence-electron chi connectivity index (χ2n) is 3.09. The van der Waals surface area contributed by atoms with Crippen molar-refractivity contribution in [1.82, 2.24) is 0 Å². The number of esters is 1. The van der Waals surface area contributed by atoms with Crippen LogP contribution < -0.4 is 0 Å². The van der Waals surface area contributed by atoms with Crippen LogP contribution in [0, 0.1) is 0 Å². The largest absolute Gasteiger partial charge is 0.466 e. The summed E-state index contributed by atoms with van der Waals surface area (Å²) < 4.78 is 42.6. The number of ether oxygens (including phenoxy) is 1. The van der Waals surface area contributed by atoms with E-state index in [-0.39, 0.29) is 5.56 Å². The van der Waals surface area contributed by atoms with Gasteiger partial charge >= 0.3 is 12.1 Å². The van der Waals surface area contributed by atoms with Crippen molar-refractivity contribution in [2.24, 2.45) is 0 Å². The number of halogens is 4. The SMILES string of the molecule is COC(=O)C=Cc1ccc(Br)cc1C(F)(F)F. The van der Waals surface area contributed by atoms with E-state index in [4.69, 9.17) is 0 Å². The number of alkyl halides is 3. The Labute approximate surface area is 104 Å². The number of carbonyl (C=O) groups is 1. The molecule has 0 aliphatic rings. The average Bonchev–Trinajstić information content (AvgIpc) is 2.25. The van der Waals surface area contributed by atoms with E-state index in [9.17, 15) is 18.0 Å². The fourth-order valence-electron chi connectivity index (χ4n) is 1.15. The molecule has 0 N–H and O–H groups in total. The van der Waals surface area contributed by atoms with Gasteiger partial charge in [0, 0.05) is 10.5 Å². The fourth-order valence-corrected chi connectivity index (χ4v) is 1.51. The monoisotopic (exact) mass is 308 g/mol. The van der Waals surface area contributed by atoms with Crippen molar-refractivity contribution >= 4 is 28.0 Å². The van der Waals surface area contributed by atoms with Crippen molar-refractivity contribution < 1.29 is 22.7 Å². The summed E-state index contributed by atoms with van der Waals surface area (Å²) in [6.45, 7) is 0. The van der Waals surface area contributed by atoms with E-state index >= 15 is 0 Å². The molecule has 0 radical (unpaired) electrons. The molecule has 0 spiro atoms. The maximum atomic E-state index is 12.7. The Bertz CT molecular complexity index is 453. The van der Waals surface area contributed by atoms with Gasteiger partial charge in [0.2, 0.25) is 0 Å². The Morgan fingerprint density at radius 2 is 2.06 bits per heavy atom. The number of rotatable bonds is 2. The fraction of sp³-hybridized carbons (Fsp3) is 0.182. The third kappa shape index (κ3) is 3.89. The molecular weight excluding hydrogens is 301 g/mol. The van der Waals surface area contributed by atoms with E-state index < -0.39 is 17.7 Å². The molecule has 0 atom stereocenters. The summed E-state index contributed by atoms with van der Waals surface area (Å²) in [5.41, 5.74) is -0.905. The standard InChI is InChI=1S/C11H8BrF3O2/c1-17-10(16)5-3-7-2-4-8(12)6-9(7)11(13,14)15/h2-6H,1H3. The third-order valence-electron chi connectivity index (χ3n) is 1.92. The van der Waals surface area contributed by atoms with Gasteiger partial charge in [-0.3, -0.25) is 0 Å². The smallest absolute Gasteiger partial charge is 0.417 e. The molecule has 0 saturated heterocycles. The lowest BCUT2D eigenvalue weighted by molar-refractivity contribution is -0.138. The number of benzene rings is 1. The first-order valence-corrected chi connectivity index (χ1v) is 5.26. The highest BCUT2D eigenvalue weighted by atomic mass is 79.9. The van der Waals surface area contributed by atoms with E-state index in [1.54, 1.807) is 0 Å². The molecule has 6 heteroatoms. The second kappa shape index (κ2) is 5.35. The van der Waals surface area contributed by atoms with Gasteiger partial charge in [-0.05, 0) is 23.8 Å². The minimum atomic E-state index is -4.47. The zero-order chi connectivity index (χ0) is 13.1. The van der Waals surface area contributed by atoms with E-state index in [2.05, 4.69) is 20.7 Å². The molecule has 0 saturated carbocycles. The summed E-state index contributed by atoms with van der Waals surface area (Å²) in [7, 11) is 1.15. The highest BCUT2D eigenvalue weighted by molar-refractivity contribution is 9.10. The van der Waals surface area contributed by atoms with Crippen LogP contribution in [0.3, 0.4) is 0 Å². The van der Waals surface area contributed by atoms with E-state index in [1.165, 1.54) is 12.1 Å². The minimum absolute atomic E-state index is 0.0916. The molecule has 17 heavy (non-hydrogen) atoms. The number of methoxy groups -OCH3 is 1. The lowest BCUT2D eigenvalue weighted by atomic mass is 10.1. The molecule has 1 aromatic rings. The van der Waals surface area contributed by atoms with Gasteiger partial charge < -0.3 is 4.74 Å². The summed E-state index contributed by atoms with van der Waals surface area (Å²) >= 11 is 2.97. The van der Waals surface area contributed by atoms with Crippen LogP contribution in [-0.4, -0.2) is 13.1 Å². The van der Waals surface area contributed by atoms with Crippen molar-refractivity contribution in [1.29, 1.82) is 0 Å². The maximum Gasteiger partial charge on any atom is 0.417 e. The molecule has 1 aromatic carbocycles. The molecule has 0 aromatic heterocycles. The molecule has 2 nitrogen and oxygen atoms in total. The van der Waals surface area contributed by atoms with Crippen molar-refractivity contribution in [3.8, 4) is 0 Å². The number of hydrogen-bond donors (Lipinski definition) is 0. The first-order chi connectivity index (χ1) is 7.84. The van der Waals surface area contributed by atoms with Gasteiger partial charge in [-0.1, -0.05) is 22.0 Å². The summed E-state index contributed by atoms with van der Waals surface area (Å²) in [6.07, 6.45) is -2.46. The van der Waals surface area contributed by atoms with Gasteiger partial charge in [-0.25, -0.2) is 4.79 Å². The highest BCUT2D eigenvalue weighted by Crippen LogP contribution is 2.34. The predicted octanol–water partition coefficient (Wildman–Crippen LogP) is 3.65. The number of hydrogen-bond acceptors (Lipinski definition) is 2. The Balaban J connectivity index is 3.16. The van der Waals surface area contributed by atoms with E-state index in [1.807, 2.05) is 0 Å². The molecule has 1 rings (SSSR count). The van der Waals surface area contributed by atoms with Crippen LogP contribution in [-0.2, 0) is 15.7 Å². The topological polar surface area (TPSA) is 26.3 Å². The van der Waals surface area contributed by atoms with Crippen LogP contribution in [0.1, 0.15) is 11.1 Å². The van der Waals surface area contributed by atoms with Gasteiger partial charge in [0.25, 0.3) is 0 Å². The second-order valence-corrected chi connectivity index (χ2v) is 4.00. The summed E-state index contributed by atoms with van der Waals surface area (Å²) in [5, 5.41) is 0. The summed E-state index contributed by atoms with van der Waals surface area (Å²) in [4.78, 5) is 10.8. The quantitative estimate of drug-likeness (QED) is 0.616. The van der Waals surface area contributed by atoms with Crippen LogP contribution >= 0.6 is 15.9 Å². The Kier molecular flexibility index (Phi) is 4.34. The van der Waals surface area contributed by atoms with Crippen LogP contribution in [0.2, 0.25) is 0 Å². The third-order valence-corrected chi connectivity index (χ3v) is 2.41. The molecular formula is C11H8BrF3O2. The van der Waals surface area contributed by atoms with Gasteiger partial charge in [-0.2, -0.15) is 13.2 Å². The van der Waals surface area contributed by atoms with Gasteiger partial charge in [0.15, 0.2) is 0 Å². The minimum Gasteiger partial charge on any atom is -0.466 e. The van der Waals surface area contributed by atoms with Crippen LogP contribution in [0.4, 0.5) is 13.2 Å². The Morgan fingerprint density at radius 1 is 1.41 bits per heavy atom. The normalized spacial score (nSPS) is 11.8. The maximum absolute atomic E-state index is 12.7. The molecule has 92 valence electrons. The van der Waals surface area contributed by atoms with Crippen LogP contribution in [0.5, 0.6) is 0 Å². The van der Waals surface area contributed by atoms with Crippen LogP contribution in [0.25, 0.3) is 6.08 Å². The summed E-state index contributed by atoms with van der Waals surface area (Å²) in [5.74, 6) is -0.707. The molecule has 0 aliphatic heterocycles. The average molecular weight is 309 g/mol. The lowest BCUT2D eigenvalue weighted by Crippen LogP contribution is -2.07. The van der Waals surface area contributed by atoms with E-state index in [0.29, 0.717) is 4.47 Å². The molecule has 0 amide bonds. The molecule has 0 bridgehead atoms. The predicted molar refractivity (Wildman–Crippen MR) is 60.2 cm³/mol. The first kappa shape index (κ1) is 13.8. The van der Waals surface area contributed by atoms with Crippen molar-refractivity contribution in [3.63, 3.8) is 0 Å². The first-order valence-electron chi connectivity index (χ1n) is 4.47. The van der Waals surface area contributed by atoms with Crippen molar-refractivity contribution in [2.45, 2.75) is 6.18 Å². The van der Waals surface area contributed by atoms with Gasteiger partial charge in [-0.15, -0.1) is 0 Å². The summed E-state index contributed by atoms with van der Waals surface area (Å²) in [6, 6.07) is 3.69. The van der Waals surface area contributed by atoms with Crippen molar-refractivity contribution in [2.75, 3.05) is 7.11 Å². The van der Waals surface area contributed by atoms with Crippen molar-refractivity contribution in [3.05, 3.63) is 39.9 Å². The van der Waals surface area contributed by atoms with E-state index in [0.717, 1.165) is 25.3 Å². The van der Waals surface area contributed by atoms with Crippen LogP contribution in [0.15, 0.2) is 28.7 Å². The molecule has 0 fully saturated rings. The van der Waals surface area contributed by atoms with Gasteiger partial charge in [0.1, 0.15) is 0 Å². The Morgan fingerprint density at radius 3 is 2.59 bits per heavy atom.